The minimum Gasteiger partial charge on any atom is -0.508 e. The lowest BCUT2D eigenvalue weighted by Gasteiger charge is -2.12. The molecule has 0 bridgehead atoms. The number of phenols is 1. The first-order chi connectivity index (χ1) is 9.54. The molecule has 4 heteroatoms. The molecule has 1 atom stereocenters. The summed E-state index contributed by atoms with van der Waals surface area (Å²) in [5, 5.41) is 12.0. The second-order valence-electron chi connectivity index (χ2n) is 4.84. The minimum absolute atomic E-state index is 0.200. The smallest absolute Gasteiger partial charge is 0.241 e. The average molecular weight is 270 g/mol. The van der Waals surface area contributed by atoms with Gasteiger partial charge in [0.15, 0.2) is 0 Å². The van der Waals surface area contributed by atoms with Crippen molar-refractivity contribution in [1.82, 2.24) is 0 Å². The monoisotopic (exact) mass is 270 g/mol. The maximum atomic E-state index is 12.0. The van der Waals surface area contributed by atoms with Gasteiger partial charge < -0.3 is 16.2 Å². The van der Waals surface area contributed by atoms with Gasteiger partial charge in [-0.1, -0.05) is 24.3 Å². The summed E-state index contributed by atoms with van der Waals surface area (Å²) in [6, 6.07) is 13.6. The maximum Gasteiger partial charge on any atom is 0.241 e. The van der Waals surface area contributed by atoms with E-state index < -0.39 is 6.04 Å². The van der Waals surface area contributed by atoms with Crippen LogP contribution in [0.3, 0.4) is 0 Å². The first-order valence-electron chi connectivity index (χ1n) is 6.45. The van der Waals surface area contributed by atoms with E-state index in [9.17, 15) is 9.90 Å². The Labute approximate surface area is 118 Å². The molecule has 4 N–H and O–H groups in total. The van der Waals surface area contributed by atoms with Crippen molar-refractivity contribution in [1.29, 1.82) is 0 Å². The van der Waals surface area contributed by atoms with E-state index in [0.717, 1.165) is 16.8 Å². The topological polar surface area (TPSA) is 75.4 Å². The molecule has 2 rings (SSSR count). The van der Waals surface area contributed by atoms with Crippen LogP contribution in [0.5, 0.6) is 5.75 Å². The van der Waals surface area contributed by atoms with Crippen molar-refractivity contribution in [3.63, 3.8) is 0 Å². The van der Waals surface area contributed by atoms with E-state index in [1.54, 1.807) is 24.3 Å². The highest BCUT2D eigenvalue weighted by atomic mass is 16.3. The third kappa shape index (κ3) is 3.83. The van der Waals surface area contributed by atoms with Crippen molar-refractivity contribution in [2.24, 2.45) is 5.73 Å². The molecule has 4 nitrogen and oxygen atoms in total. The number of hydrogen-bond acceptors (Lipinski definition) is 3. The number of rotatable bonds is 4. The largest absolute Gasteiger partial charge is 0.508 e. The highest BCUT2D eigenvalue weighted by Gasteiger charge is 2.14. The Morgan fingerprint density at radius 3 is 2.60 bits per heavy atom. The van der Waals surface area contributed by atoms with Gasteiger partial charge in [0.05, 0.1) is 6.04 Å². The van der Waals surface area contributed by atoms with Crippen molar-refractivity contribution in [2.75, 3.05) is 5.32 Å². The molecule has 0 unspecified atom stereocenters. The highest BCUT2D eigenvalue weighted by molar-refractivity contribution is 5.94. The number of carbonyl (C=O) groups is 1. The summed E-state index contributed by atoms with van der Waals surface area (Å²) >= 11 is 0. The number of hydrogen-bond donors (Lipinski definition) is 3. The first-order valence-corrected chi connectivity index (χ1v) is 6.45. The molecule has 1 amide bonds. The van der Waals surface area contributed by atoms with Crippen LogP contribution >= 0.6 is 0 Å². The molecule has 2 aromatic rings. The van der Waals surface area contributed by atoms with Crippen LogP contribution in [0.1, 0.15) is 11.1 Å². The summed E-state index contributed by atoms with van der Waals surface area (Å²) in [6.45, 7) is 1.96. The molecule has 0 fully saturated rings. The van der Waals surface area contributed by atoms with Gasteiger partial charge in [-0.25, -0.2) is 0 Å². The molecule has 0 aliphatic rings. The van der Waals surface area contributed by atoms with Crippen molar-refractivity contribution in [2.45, 2.75) is 19.4 Å². The zero-order valence-corrected chi connectivity index (χ0v) is 11.3. The fraction of sp³-hybridized carbons (Fsp3) is 0.188. The van der Waals surface area contributed by atoms with Crippen LogP contribution in [0, 0.1) is 6.92 Å². The lowest BCUT2D eigenvalue weighted by Crippen LogP contribution is -2.37. The third-order valence-corrected chi connectivity index (χ3v) is 3.01. The summed E-state index contributed by atoms with van der Waals surface area (Å²) in [5.74, 6) is -0.0183. The van der Waals surface area contributed by atoms with Crippen molar-refractivity contribution < 1.29 is 9.90 Å². The van der Waals surface area contributed by atoms with Gasteiger partial charge in [-0.15, -0.1) is 0 Å². The quantitative estimate of drug-likeness (QED) is 0.797. The fourth-order valence-electron chi connectivity index (χ4n) is 1.94. The Kier molecular flexibility index (Phi) is 4.38. The van der Waals surface area contributed by atoms with Crippen LogP contribution in [0.15, 0.2) is 48.5 Å². The molecule has 0 aliphatic heterocycles. The van der Waals surface area contributed by atoms with Crippen LogP contribution in [0.2, 0.25) is 0 Å². The molecule has 2 aromatic carbocycles. The van der Waals surface area contributed by atoms with Gasteiger partial charge in [0, 0.05) is 5.69 Å². The summed E-state index contributed by atoms with van der Waals surface area (Å²) in [6.07, 6.45) is 0.429. The zero-order chi connectivity index (χ0) is 14.5. The number of aryl methyl sites for hydroxylation is 1. The number of nitrogens with one attached hydrogen (secondary N) is 1. The molecule has 0 aromatic heterocycles. The Bertz CT molecular complexity index is 594. The fourth-order valence-corrected chi connectivity index (χ4v) is 1.94. The van der Waals surface area contributed by atoms with Gasteiger partial charge in [0.25, 0.3) is 0 Å². The van der Waals surface area contributed by atoms with E-state index in [-0.39, 0.29) is 11.7 Å². The standard InChI is InChI=1S/C16H18N2O2/c1-11-3-2-4-13(9-11)18-16(20)15(17)10-12-5-7-14(19)8-6-12/h2-9,15,19H,10,17H2,1H3,(H,18,20)/t15-/m1/s1. The van der Waals surface area contributed by atoms with E-state index >= 15 is 0 Å². The number of nitrogens with two attached hydrogens (primary N) is 1. The van der Waals surface area contributed by atoms with Gasteiger partial charge in [-0.2, -0.15) is 0 Å². The van der Waals surface area contributed by atoms with Crippen LogP contribution < -0.4 is 11.1 Å². The van der Waals surface area contributed by atoms with Crippen molar-refractivity contribution >= 4 is 11.6 Å². The summed E-state index contributed by atoms with van der Waals surface area (Å²) in [7, 11) is 0. The second-order valence-corrected chi connectivity index (χ2v) is 4.84. The van der Waals surface area contributed by atoms with Crippen LogP contribution in [-0.2, 0) is 11.2 Å². The maximum absolute atomic E-state index is 12.0. The number of anilines is 1. The zero-order valence-electron chi connectivity index (χ0n) is 11.3. The van der Waals surface area contributed by atoms with Gasteiger partial charge in [0.1, 0.15) is 5.75 Å². The SMILES string of the molecule is Cc1cccc(NC(=O)[C@H](N)Cc2ccc(O)cc2)c1. The van der Waals surface area contributed by atoms with E-state index in [1.807, 2.05) is 31.2 Å². The molecule has 0 heterocycles. The van der Waals surface area contributed by atoms with Crippen LogP contribution in [0.25, 0.3) is 0 Å². The Morgan fingerprint density at radius 1 is 1.25 bits per heavy atom. The van der Waals surface area contributed by atoms with E-state index in [0.29, 0.717) is 6.42 Å². The number of benzene rings is 2. The van der Waals surface area contributed by atoms with Gasteiger partial charge in [-0.3, -0.25) is 4.79 Å². The minimum atomic E-state index is -0.625. The number of amides is 1. The predicted octanol–water partition coefficient (Wildman–Crippen LogP) is 2.21. The van der Waals surface area contributed by atoms with E-state index in [2.05, 4.69) is 5.32 Å². The molecule has 0 aliphatic carbocycles. The molecule has 0 radical (unpaired) electrons. The summed E-state index contributed by atoms with van der Waals surface area (Å²) in [5.41, 5.74) is 8.64. The van der Waals surface area contributed by atoms with Gasteiger partial charge >= 0.3 is 0 Å². The molecule has 0 spiro atoms. The Morgan fingerprint density at radius 2 is 1.95 bits per heavy atom. The van der Waals surface area contributed by atoms with Gasteiger partial charge in [0.2, 0.25) is 5.91 Å². The second kappa shape index (κ2) is 6.21. The molecular weight excluding hydrogens is 252 g/mol. The number of phenolic OH excluding ortho intramolecular Hbond substituents is 1. The summed E-state index contributed by atoms with van der Waals surface area (Å²) in [4.78, 5) is 12.0. The lowest BCUT2D eigenvalue weighted by molar-refractivity contribution is -0.117. The van der Waals surface area contributed by atoms with Crippen molar-refractivity contribution in [3.05, 3.63) is 59.7 Å². The van der Waals surface area contributed by atoms with Gasteiger partial charge in [-0.05, 0) is 48.7 Å². The van der Waals surface area contributed by atoms with Crippen LogP contribution in [-0.4, -0.2) is 17.1 Å². The first kappa shape index (κ1) is 14.1. The Hall–Kier alpha value is -2.33. The summed E-state index contributed by atoms with van der Waals surface area (Å²) < 4.78 is 0. The molecular formula is C16H18N2O2. The normalized spacial score (nSPS) is 11.9. The highest BCUT2D eigenvalue weighted by Crippen LogP contribution is 2.13. The number of carbonyl (C=O) groups excluding carboxylic acids is 1. The average Bonchev–Trinajstić information content (AvgIpc) is 2.41. The molecule has 20 heavy (non-hydrogen) atoms. The Balaban J connectivity index is 1.96. The molecule has 0 saturated carbocycles. The van der Waals surface area contributed by atoms with Crippen LogP contribution in [0.4, 0.5) is 5.69 Å². The number of aromatic hydroxyl groups is 1. The molecule has 0 saturated heterocycles. The molecule has 104 valence electrons. The lowest BCUT2D eigenvalue weighted by atomic mass is 10.1. The third-order valence-electron chi connectivity index (χ3n) is 3.01. The van der Waals surface area contributed by atoms with E-state index in [1.165, 1.54) is 0 Å². The van der Waals surface area contributed by atoms with E-state index in [4.69, 9.17) is 5.73 Å². The predicted molar refractivity (Wildman–Crippen MR) is 79.6 cm³/mol. The van der Waals surface area contributed by atoms with Crippen molar-refractivity contribution in [3.8, 4) is 5.75 Å².